The van der Waals surface area contributed by atoms with Crippen molar-refractivity contribution in [3.05, 3.63) is 70.9 Å². The SMILES string of the molecule is CCOC(=O)c1c(-c2ccc(OC)cc2)[nH]c2c1CN(S(=O)(=O)c1ccc(C)cc1)CC2. The van der Waals surface area contributed by atoms with Gasteiger partial charge in [-0.1, -0.05) is 17.7 Å². The van der Waals surface area contributed by atoms with Gasteiger partial charge in [0.2, 0.25) is 10.0 Å². The van der Waals surface area contributed by atoms with Gasteiger partial charge < -0.3 is 14.5 Å². The van der Waals surface area contributed by atoms with Crippen LogP contribution in [0.5, 0.6) is 5.75 Å². The Balaban J connectivity index is 1.75. The van der Waals surface area contributed by atoms with Crippen molar-refractivity contribution in [2.24, 2.45) is 0 Å². The first kappa shape index (κ1) is 22.1. The number of aromatic nitrogens is 1. The molecule has 1 aliphatic heterocycles. The number of sulfonamides is 1. The van der Waals surface area contributed by atoms with Gasteiger partial charge in [-0.3, -0.25) is 0 Å². The fourth-order valence-electron chi connectivity index (χ4n) is 3.94. The van der Waals surface area contributed by atoms with E-state index in [1.807, 2.05) is 31.2 Å². The predicted octanol–water partition coefficient (Wildman–Crippen LogP) is 3.92. The van der Waals surface area contributed by atoms with Gasteiger partial charge in [0.05, 0.1) is 29.9 Å². The second-order valence-corrected chi connectivity index (χ2v) is 9.62. The largest absolute Gasteiger partial charge is 0.497 e. The number of esters is 1. The molecule has 0 radical (unpaired) electrons. The number of nitrogens with zero attached hydrogens (tertiary/aromatic N) is 1. The zero-order chi connectivity index (χ0) is 22.9. The lowest BCUT2D eigenvalue weighted by Crippen LogP contribution is -2.36. The van der Waals surface area contributed by atoms with Crippen molar-refractivity contribution in [2.75, 3.05) is 20.3 Å². The van der Waals surface area contributed by atoms with Gasteiger partial charge in [0.15, 0.2) is 0 Å². The molecule has 0 amide bonds. The summed E-state index contributed by atoms with van der Waals surface area (Å²) < 4.78 is 38.5. The van der Waals surface area contributed by atoms with Crippen molar-refractivity contribution in [3.8, 4) is 17.0 Å². The number of ether oxygens (including phenoxy) is 2. The smallest absolute Gasteiger partial charge is 0.340 e. The molecule has 3 aromatic rings. The Kier molecular flexibility index (Phi) is 6.08. The molecular weight excluding hydrogens is 428 g/mol. The van der Waals surface area contributed by atoms with Gasteiger partial charge >= 0.3 is 5.97 Å². The maximum absolute atomic E-state index is 13.2. The van der Waals surface area contributed by atoms with E-state index in [0.29, 0.717) is 35.5 Å². The molecule has 8 heteroatoms. The molecule has 0 aliphatic carbocycles. The van der Waals surface area contributed by atoms with Crippen molar-refractivity contribution >= 4 is 16.0 Å². The van der Waals surface area contributed by atoms with Gasteiger partial charge in [-0.05, 0) is 55.8 Å². The fourth-order valence-corrected chi connectivity index (χ4v) is 5.35. The van der Waals surface area contributed by atoms with Crippen LogP contribution in [0.4, 0.5) is 0 Å². The van der Waals surface area contributed by atoms with Crippen molar-refractivity contribution in [1.82, 2.24) is 9.29 Å². The number of aromatic amines is 1. The summed E-state index contributed by atoms with van der Waals surface area (Å²) in [6.45, 7) is 4.32. The van der Waals surface area contributed by atoms with E-state index >= 15 is 0 Å². The first-order valence-corrected chi connectivity index (χ1v) is 11.9. The summed E-state index contributed by atoms with van der Waals surface area (Å²) in [6, 6.07) is 14.2. The maximum Gasteiger partial charge on any atom is 0.340 e. The summed E-state index contributed by atoms with van der Waals surface area (Å²) in [5.41, 5.74) is 4.33. The highest BCUT2D eigenvalue weighted by molar-refractivity contribution is 7.89. The molecule has 0 spiro atoms. The van der Waals surface area contributed by atoms with Crippen LogP contribution in [0.2, 0.25) is 0 Å². The van der Waals surface area contributed by atoms with Crippen LogP contribution in [0.1, 0.15) is 34.1 Å². The number of carbonyl (C=O) groups excluding carboxylic acids is 1. The second kappa shape index (κ2) is 8.80. The van der Waals surface area contributed by atoms with Crippen LogP contribution in [0.25, 0.3) is 11.3 Å². The summed E-state index contributed by atoms with van der Waals surface area (Å²) in [5.74, 6) is 0.239. The Morgan fingerprint density at radius 3 is 2.41 bits per heavy atom. The zero-order valence-electron chi connectivity index (χ0n) is 18.3. The molecule has 168 valence electrons. The molecule has 0 saturated carbocycles. The number of aryl methyl sites for hydroxylation is 1. The average Bonchev–Trinajstić information content (AvgIpc) is 3.18. The van der Waals surface area contributed by atoms with E-state index in [0.717, 1.165) is 16.8 Å². The zero-order valence-corrected chi connectivity index (χ0v) is 19.2. The van der Waals surface area contributed by atoms with E-state index in [-0.39, 0.29) is 18.0 Å². The van der Waals surface area contributed by atoms with Crippen LogP contribution in [0, 0.1) is 6.92 Å². The minimum absolute atomic E-state index is 0.104. The Bertz CT molecular complexity index is 1230. The van der Waals surface area contributed by atoms with E-state index in [9.17, 15) is 13.2 Å². The highest BCUT2D eigenvalue weighted by Gasteiger charge is 2.34. The molecule has 0 fully saturated rings. The quantitative estimate of drug-likeness (QED) is 0.570. The number of hydrogen-bond acceptors (Lipinski definition) is 5. The third kappa shape index (κ3) is 4.03. The molecule has 4 rings (SSSR count). The van der Waals surface area contributed by atoms with Crippen LogP contribution >= 0.6 is 0 Å². The number of nitrogens with one attached hydrogen (secondary N) is 1. The lowest BCUT2D eigenvalue weighted by Gasteiger charge is -2.27. The average molecular weight is 455 g/mol. The van der Waals surface area contributed by atoms with E-state index in [1.165, 1.54) is 4.31 Å². The number of benzene rings is 2. The van der Waals surface area contributed by atoms with Gasteiger partial charge in [-0.2, -0.15) is 4.31 Å². The van der Waals surface area contributed by atoms with Gasteiger partial charge in [0, 0.05) is 30.8 Å². The van der Waals surface area contributed by atoms with Gasteiger partial charge in [-0.25, -0.2) is 13.2 Å². The minimum atomic E-state index is -3.69. The number of fused-ring (bicyclic) bond motifs is 1. The predicted molar refractivity (Wildman–Crippen MR) is 121 cm³/mol. The van der Waals surface area contributed by atoms with E-state index in [4.69, 9.17) is 9.47 Å². The van der Waals surface area contributed by atoms with Crippen molar-refractivity contribution in [1.29, 1.82) is 0 Å². The summed E-state index contributed by atoms with van der Waals surface area (Å²) >= 11 is 0. The molecule has 2 heterocycles. The normalized spacial score (nSPS) is 14.1. The third-order valence-corrected chi connectivity index (χ3v) is 7.51. The highest BCUT2D eigenvalue weighted by Crippen LogP contribution is 2.35. The summed E-state index contributed by atoms with van der Waals surface area (Å²) in [6.07, 6.45) is 0.475. The molecule has 0 saturated heterocycles. The van der Waals surface area contributed by atoms with Crippen molar-refractivity contribution in [2.45, 2.75) is 31.7 Å². The van der Waals surface area contributed by atoms with E-state index in [1.54, 1.807) is 38.3 Å². The number of hydrogen-bond donors (Lipinski definition) is 1. The Morgan fingerprint density at radius 2 is 1.78 bits per heavy atom. The minimum Gasteiger partial charge on any atom is -0.497 e. The van der Waals surface area contributed by atoms with Crippen LogP contribution in [0.3, 0.4) is 0 Å². The van der Waals surface area contributed by atoms with Crippen LogP contribution in [-0.4, -0.2) is 43.9 Å². The van der Waals surface area contributed by atoms with Crippen molar-refractivity contribution < 1.29 is 22.7 Å². The van der Waals surface area contributed by atoms with E-state index < -0.39 is 16.0 Å². The van der Waals surface area contributed by atoms with Crippen LogP contribution < -0.4 is 4.74 Å². The molecule has 2 aromatic carbocycles. The maximum atomic E-state index is 13.2. The second-order valence-electron chi connectivity index (χ2n) is 7.68. The first-order valence-electron chi connectivity index (χ1n) is 10.5. The molecule has 0 bridgehead atoms. The fraction of sp³-hybridized carbons (Fsp3) is 0.292. The highest BCUT2D eigenvalue weighted by atomic mass is 32.2. The molecule has 0 atom stereocenters. The Hall–Kier alpha value is -3.10. The molecule has 32 heavy (non-hydrogen) atoms. The lowest BCUT2D eigenvalue weighted by atomic mass is 10.0. The Morgan fingerprint density at radius 1 is 1.09 bits per heavy atom. The lowest BCUT2D eigenvalue weighted by molar-refractivity contribution is 0.0525. The monoisotopic (exact) mass is 454 g/mol. The van der Waals surface area contributed by atoms with Crippen LogP contribution in [-0.2, 0) is 27.7 Å². The third-order valence-electron chi connectivity index (χ3n) is 5.65. The Labute approximate surface area is 188 Å². The number of methoxy groups -OCH3 is 1. The number of carbonyl (C=O) groups is 1. The van der Waals surface area contributed by atoms with Gasteiger partial charge in [0.25, 0.3) is 0 Å². The van der Waals surface area contributed by atoms with Crippen LogP contribution in [0.15, 0.2) is 53.4 Å². The number of rotatable bonds is 6. The standard InChI is InChI=1S/C24H26N2O5S/c1-4-31-24(27)22-20-15-26(32(28,29)19-11-5-16(2)6-12-19)14-13-21(20)25-23(22)17-7-9-18(30-3)10-8-17/h5-12,25H,4,13-15H2,1-3H3. The summed E-state index contributed by atoms with van der Waals surface area (Å²) in [5, 5.41) is 0. The summed E-state index contributed by atoms with van der Waals surface area (Å²) in [4.78, 5) is 16.5. The molecule has 1 N–H and O–H groups in total. The topological polar surface area (TPSA) is 88.7 Å². The summed E-state index contributed by atoms with van der Waals surface area (Å²) in [7, 11) is -2.10. The van der Waals surface area contributed by atoms with E-state index in [2.05, 4.69) is 4.98 Å². The molecule has 1 aromatic heterocycles. The molecule has 7 nitrogen and oxygen atoms in total. The molecule has 0 unspecified atom stereocenters. The van der Waals surface area contributed by atoms with Gasteiger partial charge in [0.1, 0.15) is 5.75 Å². The molecule has 1 aliphatic rings. The van der Waals surface area contributed by atoms with Crippen molar-refractivity contribution in [3.63, 3.8) is 0 Å². The van der Waals surface area contributed by atoms with Gasteiger partial charge in [-0.15, -0.1) is 0 Å². The molecular formula is C24H26N2O5S. The first-order chi connectivity index (χ1) is 15.3. The number of H-pyrrole nitrogens is 1.